The SMILES string of the molecule is Cc1ccc2[nH]cc(C(C(N)=O)C(=O)OCC3CC3)c2c1. The summed E-state index contributed by atoms with van der Waals surface area (Å²) in [5.74, 6) is -1.85. The highest BCUT2D eigenvalue weighted by Gasteiger charge is 2.32. The zero-order valence-electron chi connectivity index (χ0n) is 11.9. The molecule has 1 aliphatic rings. The minimum Gasteiger partial charge on any atom is -0.465 e. The Bertz CT molecular complexity index is 701. The maximum absolute atomic E-state index is 12.2. The van der Waals surface area contributed by atoms with E-state index in [0.29, 0.717) is 18.1 Å². The van der Waals surface area contributed by atoms with Crippen molar-refractivity contribution in [3.05, 3.63) is 35.5 Å². The fraction of sp³-hybridized carbons (Fsp3) is 0.375. The summed E-state index contributed by atoms with van der Waals surface area (Å²) < 4.78 is 5.24. The first-order chi connectivity index (χ1) is 10.1. The van der Waals surface area contributed by atoms with Gasteiger partial charge in [0.15, 0.2) is 5.92 Å². The number of aromatic nitrogens is 1. The number of rotatable bonds is 5. The number of aryl methyl sites for hydroxylation is 1. The van der Waals surface area contributed by atoms with Crippen molar-refractivity contribution in [2.45, 2.75) is 25.7 Å². The second-order valence-corrected chi connectivity index (χ2v) is 5.70. The summed E-state index contributed by atoms with van der Waals surface area (Å²) >= 11 is 0. The van der Waals surface area contributed by atoms with Gasteiger partial charge in [-0.25, -0.2) is 0 Å². The highest BCUT2D eigenvalue weighted by molar-refractivity contribution is 6.06. The predicted octanol–water partition coefficient (Wildman–Crippen LogP) is 2.00. The van der Waals surface area contributed by atoms with E-state index in [1.807, 2.05) is 25.1 Å². The third-order valence-corrected chi connectivity index (χ3v) is 3.86. The van der Waals surface area contributed by atoms with Crippen LogP contribution in [-0.4, -0.2) is 23.5 Å². The van der Waals surface area contributed by atoms with E-state index in [1.165, 1.54) is 0 Å². The molecule has 1 unspecified atom stereocenters. The van der Waals surface area contributed by atoms with Crippen LogP contribution in [0.25, 0.3) is 10.9 Å². The molecule has 1 aromatic carbocycles. The van der Waals surface area contributed by atoms with Gasteiger partial charge in [-0.05, 0) is 37.8 Å². The van der Waals surface area contributed by atoms with Gasteiger partial charge in [-0.3, -0.25) is 9.59 Å². The van der Waals surface area contributed by atoms with Crippen LogP contribution in [0, 0.1) is 12.8 Å². The normalized spacial score (nSPS) is 15.9. The van der Waals surface area contributed by atoms with Crippen LogP contribution in [0.5, 0.6) is 0 Å². The van der Waals surface area contributed by atoms with Crippen LogP contribution in [0.4, 0.5) is 0 Å². The van der Waals surface area contributed by atoms with Crippen LogP contribution < -0.4 is 5.73 Å². The second-order valence-electron chi connectivity index (χ2n) is 5.70. The van der Waals surface area contributed by atoms with E-state index in [4.69, 9.17) is 10.5 Å². The molecule has 0 spiro atoms. The summed E-state index contributed by atoms with van der Waals surface area (Å²) in [5.41, 5.74) is 7.94. The monoisotopic (exact) mass is 286 g/mol. The third kappa shape index (κ3) is 2.77. The maximum Gasteiger partial charge on any atom is 0.323 e. The Hall–Kier alpha value is -2.30. The Morgan fingerprint density at radius 2 is 2.19 bits per heavy atom. The molecule has 1 aliphatic carbocycles. The van der Waals surface area contributed by atoms with Crippen molar-refractivity contribution in [3.63, 3.8) is 0 Å². The Morgan fingerprint density at radius 3 is 2.86 bits per heavy atom. The van der Waals surface area contributed by atoms with E-state index in [1.54, 1.807) is 6.20 Å². The summed E-state index contributed by atoms with van der Waals surface area (Å²) in [6.45, 7) is 2.34. The number of carbonyl (C=O) groups is 2. The van der Waals surface area contributed by atoms with Crippen molar-refractivity contribution in [2.24, 2.45) is 11.7 Å². The first-order valence-corrected chi connectivity index (χ1v) is 7.10. The second kappa shape index (κ2) is 5.24. The lowest BCUT2D eigenvalue weighted by molar-refractivity contribution is -0.148. The Labute approximate surface area is 122 Å². The number of esters is 1. The average Bonchev–Trinajstić information content (AvgIpc) is 3.18. The van der Waals surface area contributed by atoms with Gasteiger partial charge in [0, 0.05) is 22.7 Å². The zero-order chi connectivity index (χ0) is 15.0. The van der Waals surface area contributed by atoms with Gasteiger partial charge in [0.25, 0.3) is 0 Å². The van der Waals surface area contributed by atoms with E-state index in [9.17, 15) is 9.59 Å². The topological polar surface area (TPSA) is 85.2 Å². The zero-order valence-corrected chi connectivity index (χ0v) is 11.9. The van der Waals surface area contributed by atoms with Gasteiger partial charge in [0.05, 0.1) is 6.61 Å². The number of amides is 1. The molecule has 1 heterocycles. The lowest BCUT2D eigenvalue weighted by atomic mass is 9.97. The van der Waals surface area contributed by atoms with Crippen molar-refractivity contribution >= 4 is 22.8 Å². The first kappa shape index (κ1) is 13.7. The molecule has 110 valence electrons. The smallest absolute Gasteiger partial charge is 0.323 e. The molecule has 5 nitrogen and oxygen atoms in total. The van der Waals surface area contributed by atoms with Crippen LogP contribution in [0.3, 0.4) is 0 Å². The Balaban J connectivity index is 1.92. The molecule has 2 aromatic rings. The predicted molar refractivity (Wildman–Crippen MR) is 78.7 cm³/mol. The minimum atomic E-state index is -1.06. The van der Waals surface area contributed by atoms with Gasteiger partial charge in [0.2, 0.25) is 5.91 Å². The van der Waals surface area contributed by atoms with Crippen LogP contribution in [0.2, 0.25) is 0 Å². The van der Waals surface area contributed by atoms with Gasteiger partial charge in [-0.15, -0.1) is 0 Å². The highest BCUT2D eigenvalue weighted by atomic mass is 16.5. The fourth-order valence-electron chi connectivity index (χ4n) is 2.46. The Kier molecular flexibility index (Phi) is 3.41. The summed E-state index contributed by atoms with van der Waals surface area (Å²) in [6.07, 6.45) is 3.83. The molecule has 1 amide bonds. The van der Waals surface area contributed by atoms with Crippen molar-refractivity contribution in [3.8, 4) is 0 Å². The molecule has 5 heteroatoms. The molecule has 0 saturated heterocycles. The van der Waals surface area contributed by atoms with Gasteiger partial charge < -0.3 is 15.5 Å². The summed E-state index contributed by atoms with van der Waals surface area (Å²) in [6, 6.07) is 5.82. The molecule has 0 aliphatic heterocycles. The van der Waals surface area contributed by atoms with Crippen molar-refractivity contribution in [1.29, 1.82) is 0 Å². The van der Waals surface area contributed by atoms with Gasteiger partial charge in [-0.2, -0.15) is 0 Å². The summed E-state index contributed by atoms with van der Waals surface area (Å²) in [4.78, 5) is 27.0. The van der Waals surface area contributed by atoms with Crippen LogP contribution in [0.1, 0.15) is 29.9 Å². The molecule has 3 rings (SSSR count). The van der Waals surface area contributed by atoms with E-state index in [-0.39, 0.29) is 0 Å². The van der Waals surface area contributed by atoms with Gasteiger partial charge in [0.1, 0.15) is 0 Å². The minimum absolute atomic E-state index is 0.379. The largest absolute Gasteiger partial charge is 0.465 e. The van der Waals surface area contributed by atoms with Crippen molar-refractivity contribution in [2.75, 3.05) is 6.61 Å². The molecule has 21 heavy (non-hydrogen) atoms. The fourth-order valence-corrected chi connectivity index (χ4v) is 2.46. The standard InChI is InChI=1S/C16H18N2O3/c1-9-2-5-13-11(6-9)12(7-18-13)14(15(17)19)16(20)21-8-10-3-4-10/h2,5-7,10,14,18H,3-4,8H2,1H3,(H2,17,19). The van der Waals surface area contributed by atoms with Crippen LogP contribution >= 0.6 is 0 Å². The lowest BCUT2D eigenvalue weighted by Crippen LogP contribution is -2.30. The molecule has 1 atom stereocenters. The van der Waals surface area contributed by atoms with Crippen molar-refractivity contribution < 1.29 is 14.3 Å². The van der Waals surface area contributed by atoms with Gasteiger partial charge in [-0.1, -0.05) is 11.6 Å². The summed E-state index contributed by atoms with van der Waals surface area (Å²) in [5, 5.41) is 0.835. The van der Waals surface area contributed by atoms with Crippen LogP contribution in [0.15, 0.2) is 24.4 Å². The Morgan fingerprint density at radius 1 is 1.43 bits per heavy atom. The maximum atomic E-state index is 12.2. The first-order valence-electron chi connectivity index (χ1n) is 7.10. The number of nitrogens with one attached hydrogen (secondary N) is 1. The molecule has 3 N–H and O–H groups in total. The molecular weight excluding hydrogens is 268 g/mol. The number of carbonyl (C=O) groups excluding carboxylic acids is 2. The van der Waals surface area contributed by atoms with E-state index >= 15 is 0 Å². The van der Waals surface area contributed by atoms with E-state index in [0.717, 1.165) is 29.3 Å². The molecule has 0 radical (unpaired) electrons. The number of hydrogen-bond acceptors (Lipinski definition) is 3. The number of benzene rings is 1. The number of fused-ring (bicyclic) bond motifs is 1. The lowest BCUT2D eigenvalue weighted by Gasteiger charge is -2.12. The quantitative estimate of drug-likeness (QED) is 0.651. The van der Waals surface area contributed by atoms with Crippen molar-refractivity contribution in [1.82, 2.24) is 4.98 Å². The average molecular weight is 286 g/mol. The molecule has 1 saturated carbocycles. The van der Waals surface area contributed by atoms with E-state index in [2.05, 4.69) is 4.98 Å². The number of nitrogens with two attached hydrogens (primary N) is 1. The third-order valence-electron chi connectivity index (χ3n) is 3.86. The molecule has 1 fully saturated rings. The number of H-pyrrole nitrogens is 1. The molecular formula is C16H18N2O3. The van der Waals surface area contributed by atoms with E-state index < -0.39 is 17.8 Å². The number of hydrogen-bond donors (Lipinski definition) is 2. The molecule has 0 bridgehead atoms. The summed E-state index contributed by atoms with van der Waals surface area (Å²) in [7, 11) is 0. The van der Waals surface area contributed by atoms with Gasteiger partial charge >= 0.3 is 5.97 Å². The van der Waals surface area contributed by atoms with Crippen LogP contribution in [-0.2, 0) is 14.3 Å². The molecule has 1 aromatic heterocycles. The number of ether oxygens (including phenoxy) is 1. The number of primary amides is 1. The highest BCUT2D eigenvalue weighted by Crippen LogP contribution is 2.31. The number of aromatic amines is 1.